The van der Waals surface area contributed by atoms with E-state index >= 15 is 0 Å². The van der Waals surface area contributed by atoms with Crippen LogP contribution in [0.25, 0.3) is 0 Å². The summed E-state index contributed by atoms with van der Waals surface area (Å²) >= 11 is 0. The lowest BCUT2D eigenvalue weighted by molar-refractivity contribution is 0.157. The van der Waals surface area contributed by atoms with Crippen LogP contribution in [-0.2, 0) is 4.74 Å². The Balaban J connectivity index is 3.46. The van der Waals surface area contributed by atoms with Crippen LogP contribution in [0.4, 0.5) is 0 Å². The Hall–Kier alpha value is -0.520. The summed E-state index contributed by atoms with van der Waals surface area (Å²) in [6, 6.07) is 0.212. The molecule has 0 aromatic rings. The maximum atomic E-state index is 5.30. The Bertz CT molecular complexity index is 139. The third kappa shape index (κ3) is 5.17. The van der Waals surface area contributed by atoms with Crippen LogP contribution in [0.2, 0.25) is 0 Å². The first-order valence-electron chi connectivity index (χ1n) is 4.43. The largest absolute Gasteiger partial charge is 0.384 e. The fraction of sp³-hybridized carbons (Fsp3) is 0.800. The summed E-state index contributed by atoms with van der Waals surface area (Å²) in [6.07, 6.45) is 6.28. The van der Waals surface area contributed by atoms with E-state index in [0.717, 1.165) is 19.6 Å². The summed E-state index contributed by atoms with van der Waals surface area (Å²) < 4.78 is 5.01. The van der Waals surface area contributed by atoms with Crippen molar-refractivity contribution in [3.8, 4) is 12.3 Å². The molecule has 2 nitrogen and oxygen atoms in total. The number of methoxy groups -OCH3 is 1. The average molecular weight is 169 g/mol. The summed E-state index contributed by atoms with van der Waals surface area (Å²) in [6.45, 7) is 5.93. The van der Waals surface area contributed by atoms with Crippen LogP contribution >= 0.6 is 0 Å². The van der Waals surface area contributed by atoms with E-state index < -0.39 is 0 Å². The lowest BCUT2D eigenvalue weighted by Gasteiger charge is -2.14. The molecule has 0 bridgehead atoms. The Morgan fingerprint density at radius 3 is 2.67 bits per heavy atom. The zero-order valence-corrected chi connectivity index (χ0v) is 8.26. The highest BCUT2D eigenvalue weighted by Gasteiger charge is 2.04. The SMILES string of the molecule is C#CC(CC)NCC(C)COC. The van der Waals surface area contributed by atoms with Crippen molar-refractivity contribution in [2.75, 3.05) is 20.3 Å². The minimum atomic E-state index is 0.212. The molecule has 2 atom stereocenters. The van der Waals surface area contributed by atoms with Crippen molar-refractivity contribution in [3.63, 3.8) is 0 Å². The van der Waals surface area contributed by atoms with E-state index in [1.165, 1.54) is 0 Å². The molecule has 0 saturated carbocycles. The van der Waals surface area contributed by atoms with Crippen LogP contribution in [0.15, 0.2) is 0 Å². The number of hydrogen-bond donors (Lipinski definition) is 1. The first kappa shape index (κ1) is 11.5. The van der Waals surface area contributed by atoms with Crippen molar-refractivity contribution >= 4 is 0 Å². The van der Waals surface area contributed by atoms with Crippen LogP contribution in [0.1, 0.15) is 20.3 Å². The summed E-state index contributed by atoms with van der Waals surface area (Å²) in [7, 11) is 1.72. The van der Waals surface area contributed by atoms with E-state index in [1.807, 2.05) is 0 Å². The van der Waals surface area contributed by atoms with Gasteiger partial charge in [0, 0.05) is 20.3 Å². The van der Waals surface area contributed by atoms with Crippen molar-refractivity contribution in [2.24, 2.45) is 5.92 Å². The highest BCUT2D eigenvalue weighted by atomic mass is 16.5. The van der Waals surface area contributed by atoms with E-state index in [4.69, 9.17) is 11.2 Å². The van der Waals surface area contributed by atoms with Gasteiger partial charge in [0.2, 0.25) is 0 Å². The molecule has 0 radical (unpaired) electrons. The molecule has 2 heteroatoms. The molecule has 0 aliphatic rings. The predicted molar refractivity (Wildman–Crippen MR) is 52.0 cm³/mol. The molecule has 0 rings (SSSR count). The highest BCUT2D eigenvalue weighted by Crippen LogP contribution is 1.95. The van der Waals surface area contributed by atoms with Gasteiger partial charge in [0.25, 0.3) is 0 Å². The van der Waals surface area contributed by atoms with Gasteiger partial charge in [-0.15, -0.1) is 6.42 Å². The minimum Gasteiger partial charge on any atom is -0.384 e. The fourth-order valence-corrected chi connectivity index (χ4v) is 1.01. The normalized spacial score (nSPS) is 15.2. The second kappa shape index (κ2) is 7.15. The highest BCUT2D eigenvalue weighted by molar-refractivity contribution is 4.97. The zero-order chi connectivity index (χ0) is 9.40. The molecule has 0 saturated heterocycles. The quantitative estimate of drug-likeness (QED) is 0.605. The molecule has 0 aromatic heterocycles. The monoisotopic (exact) mass is 169 g/mol. The minimum absolute atomic E-state index is 0.212. The van der Waals surface area contributed by atoms with Gasteiger partial charge in [0.1, 0.15) is 0 Å². The summed E-state index contributed by atoms with van der Waals surface area (Å²) in [5.41, 5.74) is 0. The summed E-state index contributed by atoms with van der Waals surface area (Å²) in [4.78, 5) is 0. The second-order valence-corrected chi connectivity index (χ2v) is 3.10. The van der Waals surface area contributed by atoms with Gasteiger partial charge in [-0.25, -0.2) is 0 Å². The average Bonchev–Trinajstić information content (AvgIpc) is 2.07. The van der Waals surface area contributed by atoms with E-state index in [2.05, 4.69) is 25.1 Å². The van der Waals surface area contributed by atoms with Crippen molar-refractivity contribution < 1.29 is 4.74 Å². The van der Waals surface area contributed by atoms with E-state index in [-0.39, 0.29) is 6.04 Å². The topological polar surface area (TPSA) is 21.3 Å². The van der Waals surface area contributed by atoms with Crippen molar-refractivity contribution in [2.45, 2.75) is 26.3 Å². The molecule has 2 unspecified atom stereocenters. The Morgan fingerprint density at radius 2 is 2.25 bits per heavy atom. The Labute approximate surface area is 75.7 Å². The van der Waals surface area contributed by atoms with Gasteiger partial charge in [-0.2, -0.15) is 0 Å². The van der Waals surface area contributed by atoms with Crippen LogP contribution in [0, 0.1) is 18.3 Å². The third-order valence-electron chi connectivity index (χ3n) is 1.77. The van der Waals surface area contributed by atoms with Crippen molar-refractivity contribution in [1.82, 2.24) is 5.32 Å². The molecule has 0 spiro atoms. The molecule has 0 aromatic carbocycles. The van der Waals surface area contributed by atoms with Gasteiger partial charge in [0.15, 0.2) is 0 Å². The first-order valence-corrected chi connectivity index (χ1v) is 4.43. The molecule has 0 aliphatic heterocycles. The molecule has 12 heavy (non-hydrogen) atoms. The number of terminal acetylenes is 1. The molecular weight excluding hydrogens is 150 g/mol. The second-order valence-electron chi connectivity index (χ2n) is 3.10. The molecule has 0 aliphatic carbocycles. The van der Waals surface area contributed by atoms with Gasteiger partial charge in [-0.1, -0.05) is 19.8 Å². The summed E-state index contributed by atoms with van der Waals surface area (Å²) in [5, 5.41) is 3.29. The van der Waals surface area contributed by atoms with Gasteiger partial charge < -0.3 is 10.1 Å². The van der Waals surface area contributed by atoms with Gasteiger partial charge in [0.05, 0.1) is 6.04 Å². The van der Waals surface area contributed by atoms with Crippen molar-refractivity contribution in [3.05, 3.63) is 0 Å². The van der Waals surface area contributed by atoms with Crippen molar-refractivity contribution in [1.29, 1.82) is 0 Å². The van der Waals surface area contributed by atoms with Gasteiger partial charge in [-0.05, 0) is 12.3 Å². The molecular formula is C10H19NO. The smallest absolute Gasteiger partial charge is 0.0684 e. The van der Waals surface area contributed by atoms with Crippen LogP contribution in [0.3, 0.4) is 0 Å². The third-order valence-corrected chi connectivity index (χ3v) is 1.77. The Kier molecular flexibility index (Phi) is 6.84. The molecule has 70 valence electrons. The fourth-order valence-electron chi connectivity index (χ4n) is 1.01. The van der Waals surface area contributed by atoms with Crippen LogP contribution in [-0.4, -0.2) is 26.3 Å². The maximum absolute atomic E-state index is 5.30. The van der Waals surface area contributed by atoms with Crippen LogP contribution in [0.5, 0.6) is 0 Å². The van der Waals surface area contributed by atoms with E-state index in [9.17, 15) is 0 Å². The van der Waals surface area contributed by atoms with Gasteiger partial charge in [-0.3, -0.25) is 0 Å². The number of hydrogen-bond acceptors (Lipinski definition) is 2. The van der Waals surface area contributed by atoms with E-state index in [1.54, 1.807) is 7.11 Å². The van der Waals surface area contributed by atoms with E-state index in [0.29, 0.717) is 5.92 Å². The molecule has 0 heterocycles. The molecule has 0 amide bonds. The zero-order valence-electron chi connectivity index (χ0n) is 8.26. The molecule has 0 fully saturated rings. The predicted octanol–water partition coefficient (Wildman–Crippen LogP) is 1.27. The number of rotatable bonds is 6. The van der Waals surface area contributed by atoms with Crippen LogP contribution < -0.4 is 5.32 Å². The number of nitrogens with one attached hydrogen (secondary N) is 1. The lowest BCUT2D eigenvalue weighted by atomic mass is 10.1. The standard InChI is InChI=1S/C10H19NO/c1-5-10(6-2)11-7-9(3)8-12-4/h1,9-11H,6-8H2,2-4H3. The number of ether oxygens (including phenoxy) is 1. The first-order chi connectivity index (χ1) is 5.74. The van der Waals surface area contributed by atoms with Gasteiger partial charge >= 0.3 is 0 Å². The Morgan fingerprint density at radius 1 is 1.58 bits per heavy atom. The lowest BCUT2D eigenvalue weighted by Crippen LogP contribution is -2.32. The summed E-state index contributed by atoms with van der Waals surface area (Å²) in [5.74, 6) is 3.22. The molecule has 1 N–H and O–H groups in total. The maximum Gasteiger partial charge on any atom is 0.0684 e.